The van der Waals surface area contributed by atoms with E-state index in [9.17, 15) is 4.79 Å². The van der Waals surface area contributed by atoms with Crippen LogP contribution in [-0.2, 0) is 35.5 Å². The number of nitrogens with one attached hydrogen (secondary N) is 1. The maximum Gasteiger partial charge on any atom is 0.226 e. The topological polar surface area (TPSA) is 51.2 Å². The van der Waals surface area contributed by atoms with E-state index < -0.39 is 0 Å². The molecule has 5 heteroatoms. The Hall–Kier alpha value is -2.50. The third-order valence-corrected chi connectivity index (χ3v) is 4.86. The van der Waals surface area contributed by atoms with E-state index in [1.807, 2.05) is 47.8 Å². The summed E-state index contributed by atoms with van der Waals surface area (Å²) in [7, 11) is 1.68. The van der Waals surface area contributed by atoms with E-state index in [-0.39, 0.29) is 5.91 Å². The second-order valence-corrected chi connectivity index (χ2v) is 7.04. The second-order valence-electron chi connectivity index (χ2n) is 6.10. The van der Waals surface area contributed by atoms with Crippen molar-refractivity contribution < 1.29 is 9.53 Å². The van der Waals surface area contributed by atoms with Crippen molar-refractivity contribution in [3.05, 3.63) is 87.4 Å². The zero-order valence-electron chi connectivity index (χ0n) is 14.8. The number of methoxy groups -OCH3 is 1. The fourth-order valence-corrected chi connectivity index (χ4v) is 3.46. The predicted molar refractivity (Wildman–Crippen MR) is 104 cm³/mol. The van der Waals surface area contributed by atoms with Gasteiger partial charge in [-0.05, 0) is 16.7 Å². The van der Waals surface area contributed by atoms with Gasteiger partial charge in [0.05, 0.1) is 23.7 Å². The lowest BCUT2D eigenvalue weighted by Crippen LogP contribution is -2.24. The number of aromatic nitrogens is 1. The van der Waals surface area contributed by atoms with Crippen LogP contribution in [0.25, 0.3) is 0 Å². The molecule has 0 aliphatic heterocycles. The summed E-state index contributed by atoms with van der Waals surface area (Å²) < 4.78 is 5.10. The van der Waals surface area contributed by atoms with Crippen LogP contribution in [0.2, 0.25) is 0 Å². The normalized spacial score (nSPS) is 10.7. The quantitative estimate of drug-likeness (QED) is 0.661. The van der Waals surface area contributed by atoms with Gasteiger partial charge in [-0.1, -0.05) is 54.6 Å². The molecule has 0 aliphatic carbocycles. The summed E-state index contributed by atoms with van der Waals surface area (Å²) in [5.41, 5.74) is 4.25. The van der Waals surface area contributed by atoms with Gasteiger partial charge in [0.1, 0.15) is 0 Å². The summed E-state index contributed by atoms with van der Waals surface area (Å²) in [6.07, 6.45) is 1.12. The minimum Gasteiger partial charge on any atom is -0.380 e. The van der Waals surface area contributed by atoms with Gasteiger partial charge in [-0.3, -0.25) is 4.79 Å². The Morgan fingerprint density at radius 2 is 1.77 bits per heavy atom. The molecular weight excluding hydrogens is 344 g/mol. The monoisotopic (exact) mass is 366 g/mol. The van der Waals surface area contributed by atoms with Gasteiger partial charge < -0.3 is 10.1 Å². The van der Waals surface area contributed by atoms with Crippen LogP contribution in [0.4, 0.5) is 0 Å². The fourth-order valence-electron chi connectivity index (χ4n) is 2.63. The number of nitrogens with zero attached hydrogens (tertiary/aromatic N) is 1. The lowest BCUT2D eigenvalue weighted by Gasteiger charge is -2.06. The van der Waals surface area contributed by atoms with Crippen molar-refractivity contribution in [1.82, 2.24) is 10.3 Å². The average Bonchev–Trinajstić information content (AvgIpc) is 3.09. The molecule has 1 amide bonds. The third-order valence-electron chi connectivity index (χ3n) is 3.96. The molecule has 1 N–H and O–H groups in total. The lowest BCUT2D eigenvalue weighted by atomic mass is 10.1. The largest absolute Gasteiger partial charge is 0.380 e. The molecule has 3 aromatic rings. The van der Waals surface area contributed by atoms with Crippen LogP contribution in [0.5, 0.6) is 0 Å². The molecule has 0 bridgehead atoms. The van der Waals surface area contributed by atoms with Crippen LogP contribution in [-0.4, -0.2) is 18.0 Å². The maximum absolute atomic E-state index is 12.2. The summed E-state index contributed by atoms with van der Waals surface area (Å²) in [6.45, 7) is 1.12. The number of hydrogen-bond acceptors (Lipinski definition) is 4. The summed E-state index contributed by atoms with van der Waals surface area (Å²) >= 11 is 1.60. The van der Waals surface area contributed by atoms with E-state index in [0.717, 1.165) is 28.2 Å². The summed E-state index contributed by atoms with van der Waals surface area (Å²) in [5.74, 6) is -0.0115. The molecule has 1 aromatic heterocycles. The Labute approximate surface area is 157 Å². The number of amides is 1. The first kappa shape index (κ1) is 18.3. The van der Waals surface area contributed by atoms with Gasteiger partial charge in [-0.15, -0.1) is 11.3 Å². The number of thiazole rings is 1. The minimum atomic E-state index is -0.0115. The Bertz CT molecular complexity index is 829. The maximum atomic E-state index is 12.2. The number of carbonyl (C=O) groups is 1. The molecule has 0 radical (unpaired) electrons. The first-order valence-electron chi connectivity index (χ1n) is 8.53. The van der Waals surface area contributed by atoms with Crippen LogP contribution in [0.1, 0.15) is 27.4 Å². The number of ether oxygens (including phenoxy) is 1. The highest BCUT2D eigenvalue weighted by molar-refractivity contribution is 7.09. The molecule has 3 rings (SSSR count). The number of carbonyl (C=O) groups excluding carboxylic acids is 1. The van der Waals surface area contributed by atoms with Crippen molar-refractivity contribution in [3.63, 3.8) is 0 Å². The third kappa shape index (κ3) is 5.51. The van der Waals surface area contributed by atoms with Crippen molar-refractivity contribution in [2.24, 2.45) is 0 Å². The van der Waals surface area contributed by atoms with E-state index in [0.29, 0.717) is 19.6 Å². The molecule has 0 atom stereocenters. The van der Waals surface area contributed by atoms with Gasteiger partial charge in [-0.2, -0.15) is 0 Å². The van der Waals surface area contributed by atoms with Crippen LogP contribution >= 0.6 is 11.3 Å². The highest BCUT2D eigenvalue weighted by atomic mass is 32.1. The van der Waals surface area contributed by atoms with Crippen LogP contribution in [0.15, 0.2) is 60.0 Å². The van der Waals surface area contributed by atoms with E-state index in [2.05, 4.69) is 22.4 Å². The molecule has 0 saturated carbocycles. The van der Waals surface area contributed by atoms with Crippen LogP contribution in [0, 0.1) is 0 Å². The zero-order valence-corrected chi connectivity index (χ0v) is 15.6. The molecule has 0 saturated heterocycles. The average molecular weight is 366 g/mol. The standard InChI is InChI=1S/C21H22N2O2S/c1-25-14-18-9-7-17(8-10-18)13-22-20(24)12-19-15-26-21(23-19)11-16-5-3-2-4-6-16/h2-10,15H,11-14H2,1H3,(H,22,24). The Kier molecular flexibility index (Phi) is 6.52. The SMILES string of the molecule is COCc1ccc(CNC(=O)Cc2csc(Cc3ccccc3)n2)cc1. The highest BCUT2D eigenvalue weighted by Crippen LogP contribution is 2.15. The molecule has 134 valence electrons. The van der Waals surface area contributed by atoms with Gasteiger partial charge in [0, 0.05) is 25.5 Å². The van der Waals surface area contributed by atoms with Crippen molar-refractivity contribution in [3.8, 4) is 0 Å². The smallest absolute Gasteiger partial charge is 0.226 e. The Balaban J connectivity index is 1.47. The number of rotatable bonds is 8. The molecule has 0 aliphatic rings. The van der Waals surface area contributed by atoms with Gasteiger partial charge >= 0.3 is 0 Å². The van der Waals surface area contributed by atoms with Gasteiger partial charge in [-0.25, -0.2) is 4.98 Å². The van der Waals surface area contributed by atoms with E-state index in [1.54, 1.807) is 18.4 Å². The zero-order chi connectivity index (χ0) is 18.2. The van der Waals surface area contributed by atoms with E-state index in [4.69, 9.17) is 4.74 Å². The first-order chi connectivity index (χ1) is 12.7. The van der Waals surface area contributed by atoms with Crippen LogP contribution in [0.3, 0.4) is 0 Å². The van der Waals surface area contributed by atoms with Crippen molar-refractivity contribution in [2.75, 3.05) is 7.11 Å². The number of benzene rings is 2. The van der Waals surface area contributed by atoms with Crippen LogP contribution < -0.4 is 5.32 Å². The second kappa shape index (κ2) is 9.27. The predicted octanol–water partition coefficient (Wildman–Crippen LogP) is 3.74. The van der Waals surface area contributed by atoms with E-state index >= 15 is 0 Å². The van der Waals surface area contributed by atoms with Crippen molar-refractivity contribution in [1.29, 1.82) is 0 Å². The molecule has 0 fully saturated rings. The Morgan fingerprint density at radius 1 is 1.04 bits per heavy atom. The highest BCUT2D eigenvalue weighted by Gasteiger charge is 2.08. The van der Waals surface area contributed by atoms with Crippen molar-refractivity contribution in [2.45, 2.75) is 26.0 Å². The van der Waals surface area contributed by atoms with Gasteiger partial charge in [0.2, 0.25) is 5.91 Å². The molecule has 1 heterocycles. The molecule has 2 aromatic carbocycles. The molecule has 0 unspecified atom stereocenters. The lowest BCUT2D eigenvalue weighted by molar-refractivity contribution is -0.120. The number of hydrogen-bond donors (Lipinski definition) is 1. The molecular formula is C21H22N2O2S. The minimum absolute atomic E-state index is 0.0115. The van der Waals surface area contributed by atoms with Crippen molar-refractivity contribution >= 4 is 17.2 Å². The summed E-state index contributed by atoms with van der Waals surface area (Å²) in [5, 5.41) is 5.96. The molecule has 4 nitrogen and oxygen atoms in total. The molecule has 0 spiro atoms. The van der Waals surface area contributed by atoms with Gasteiger partial charge in [0.15, 0.2) is 0 Å². The Morgan fingerprint density at radius 3 is 2.50 bits per heavy atom. The molecule has 26 heavy (non-hydrogen) atoms. The summed E-state index contributed by atoms with van der Waals surface area (Å²) in [4.78, 5) is 16.7. The fraction of sp³-hybridized carbons (Fsp3) is 0.238. The summed E-state index contributed by atoms with van der Waals surface area (Å²) in [6, 6.07) is 18.3. The van der Waals surface area contributed by atoms with E-state index in [1.165, 1.54) is 5.56 Å². The first-order valence-corrected chi connectivity index (χ1v) is 9.41. The van der Waals surface area contributed by atoms with Gasteiger partial charge in [0.25, 0.3) is 0 Å².